The smallest absolute Gasteiger partial charge is 0.311 e. The first-order valence-electron chi connectivity index (χ1n) is 8.76. The highest BCUT2D eigenvalue weighted by atomic mass is 35.5. The molecule has 0 saturated heterocycles. The SMILES string of the molecule is CCOC(=O)[C@H]1C2CCC(CC2)[C@@H]1Nc1nc(Cl)nn2c(O)ccc12. The number of aromatic nitrogens is 3. The van der Waals surface area contributed by atoms with Gasteiger partial charge in [0, 0.05) is 12.1 Å². The van der Waals surface area contributed by atoms with Crippen molar-refractivity contribution in [3.05, 3.63) is 17.4 Å². The summed E-state index contributed by atoms with van der Waals surface area (Å²) in [6.45, 7) is 2.22. The Bertz CT molecular complexity index is 801. The lowest BCUT2D eigenvalue weighted by atomic mass is 9.61. The molecule has 7 nitrogen and oxygen atoms in total. The fourth-order valence-electron chi connectivity index (χ4n) is 4.46. The number of aromatic hydroxyl groups is 1. The molecule has 3 aliphatic carbocycles. The Balaban J connectivity index is 1.69. The summed E-state index contributed by atoms with van der Waals surface area (Å²) in [6, 6.07) is 3.23. The van der Waals surface area contributed by atoms with Crippen molar-refractivity contribution in [2.45, 2.75) is 38.6 Å². The minimum atomic E-state index is -0.176. The summed E-state index contributed by atoms with van der Waals surface area (Å²) >= 11 is 6.01. The second kappa shape index (κ2) is 6.37. The first-order chi connectivity index (χ1) is 12.1. The highest BCUT2D eigenvalue weighted by molar-refractivity contribution is 6.28. The molecule has 3 saturated carbocycles. The van der Waals surface area contributed by atoms with Gasteiger partial charge >= 0.3 is 5.97 Å². The third-order valence-electron chi connectivity index (χ3n) is 5.55. The maximum absolute atomic E-state index is 12.6. The summed E-state index contributed by atoms with van der Waals surface area (Å²) in [7, 11) is 0. The summed E-state index contributed by atoms with van der Waals surface area (Å²) in [6.07, 6.45) is 4.33. The molecule has 2 aromatic heterocycles. The monoisotopic (exact) mass is 364 g/mol. The average molecular weight is 365 g/mol. The van der Waals surface area contributed by atoms with Gasteiger partial charge in [0.1, 0.15) is 5.52 Å². The van der Waals surface area contributed by atoms with Crippen LogP contribution in [0.2, 0.25) is 5.28 Å². The topological polar surface area (TPSA) is 88.8 Å². The van der Waals surface area contributed by atoms with Crippen LogP contribution in [0, 0.1) is 17.8 Å². The van der Waals surface area contributed by atoms with Crippen LogP contribution in [0.3, 0.4) is 0 Å². The minimum Gasteiger partial charge on any atom is -0.493 e. The molecule has 2 aromatic rings. The van der Waals surface area contributed by atoms with Crippen molar-refractivity contribution in [3.8, 4) is 5.88 Å². The van der Waals surface area contributed by atoms with Crippen molar-refractivity contribution in [2.75, 3.05) is 11.9 Å². The van der Waals surface area contributed by atoms with Gasteiger partial charge in [-0.2, -0.15) is 9.50 Å². The maximum Gasteiger partial charge on any atom is 0.311 e. The number of ether oxygens (including phenoxy) is 1. The number of carbonyl (C=O) groups is 1. The van der Waals surface area contributed by atoms with Crippen LogP contribution in [-0.4, -0.2) is 38.3 Å². The zero-order valence-electron chi connectivity index (χ0n) is 14.0. The Morgan fingerprint density at radius 1 is 1.36 bits per heavy atom. The first kappa shape index (κ1) is 16.4. The molecule has 0 aliphatic heterocycles. The number of nitrogens with one attached hydrogen (secondary N) is 1. The molecule has 0 radical (unpaired) electrons. The number of nitrogens with zero attached hydrogens (tertiary/aromatic N) is 3. The summed E-state index contributed by atoms with van der Waals surface area (Å²) in [4.78, 5) is 16.8. The maximum atomic E-state index is 12.6. The summed E-state index contributed by atoms with van der Waals surface area (Å²) in [5, 5.41) is 17.4. The highest BCUT2D eigenvalue weighted by Crippen LogP contribution is 2.47. The quantitative estimate of drug-likeness (QED) is 0.811. The molecule has 2 atom stereocenters. The summed E-state index contributed by atoms with van der Waals surface area (Å²) in [5.74, 6) is 0.960. The summed E-state index contributed by atoms with van der Waals surface area (Å²) < 4.78 is 6.68. The van der Waals surface area contributed by atoms with Crippen molar-refractivity contribution in [1.82, 2.24) is 14.6 Å². The van der Waals surface area contributed by atoms with Gasteiger partial charge in [0.25, 0.3) is 0 Å². The van der Waals surface area contributed by atoms with E-state index >= 15 is 0 Å². The fourth-order valence-corrected chi connectivity index (χ4v) is 4.62. The second-order valence-corrected chi connectivity index (χ2v) is 7.18. The van der Waals surface area contributed by atoms with Crippen LogP contribution in [0.4, 0.5) is 5.82 Å². The Hall–Kier alpha value is -2.02. The number of esters is 1. The van der Waals surface area contributed by atoms with Crippen LogP contribution >= 0.6 is 11.6 Å². The van der Waals surface area contributed by atoms with E-state index in [2.05, 4.69) is 15.4 Å². The van der Waals surface area contributed by atoms with E-state index in [-0.39, 0.29) is 29.1 Å². The lowest BCUT2D eigenvalue weighted by Gasteiger charge is -2.47. The van der Waals surface area contributed by atoms with Gasteiger partial charge in [-0.05, 0) is 62.1 Å². The zero-order valence-corrected chi connectivity index (χ0v) is 14.7. The largest absolute Gasteiger partial charge is 0.493 e. The molecule has 2 heterocycles. The lowest BCUT2D eigenvalue weighted by Crippen LogP contribution is -2.52. The Morgan fingerprint density at radius 3 is 2.80 bits per heavy atom. The average Bonchev–Trinajstić information content (AvgIpc) is 2.97. The number of carbonyl (C=O) groups excluding carboxylic acids is 1. The number of fused-ring (bicyclic) bond motifs is 4. The molecule has 3 fully saturated rings. The van der Waals surface area contributed by atoms with E-state index in [9.17, 15) is 9.90 Å². The molecule has 2 bridgehead atoms. The van der Waals surface area contributed by atoms with E-state index in [1.54, 1.807) is 12.1 Å². The van der Waals surface area contributed by atoms with Gasteiger partial charge in [0.05, 0.1) is 12.5 Å². The predicted molar refractivity (Wildman–Crippen MR) is 92.6 cm³/mol. The Morgan fingerprint density at radius 2 is 2.08 bits per heavy atom. The molecule has 25 heavy (non-hydrogen) atoms. The number of hydrogen-bond acceptors (Lipinski definition) is 6. The Kier molecular flexibility index (Phi) is 4.19. The van der Waals surface area contributed by atoms with E-state index < -0.39 is 0 Å². The molecule has 0 amide bonds. The number of rotatable bonds is 4. The van der Waals surface area contributed by atoms with Crippen molar-refractivity contribution in [1.29, 1.82) is 0 Å². The standard InChI is InChI=1S/C17H21ClN4O3/c1-2-25-16(24)13-9-3-5-10(6-4-9)14(13)19-15-11-7-8-12(23)22(11)21-17(18)20-15/h7-10,13-14,23H,2-6H2,1H3,(H,19,20,21)/t9?,10?,13-,14-/m0/s1. The van der Waals surface area contributed by atoms with Crippen molar-refractivity contribution in [3.63, 3.8) is 0 Å². The third kappa shape index (κ3) is 2.80. The normalized spacial score (nSPS) is 28.2. The molecular formula is C17H21ClN4O3. The number of hydrogen-bond donors (Lipinski definition) is 2. The van der Waals surface area contributed by atoms with Crippen LogP contribution in [0.15, 0.2) is 12.1 Å². The van der Waals surface area contributed by atoms with Gasteiger partial charge in [0.15, 0.2) is 5.82 Å². The van der Waals surface area contributed by atoms with Crippen LogP contribution in [0.25, 0.3) is 5.52 Å². The van der Waals surface area contributed by atoms with E-state index in [0.29, 0.717) is 29.8 Å². The molecule has 8 heteroatoms. The van der Waals surface area contributed by atoms with E-state index in [4.69, 9.17) is 16.3 Å². The van der Waals surface area contributed by atoms with Gasteiger partial charge in [-0.15, -0.1) is 5.10 Å². The minimum absolute atomic E-state index is 0.00513. The lowest BCUT2D eigenvalue weighted by molar-refractivity contribution is -0.154. The van der Waals surface area contributed by atoms with Crippen LogP contribution < -0.4 is 5.32 Å². The first-order valence-corrected chi connectivity index (χ1v) is 9.13. The number of halogens is 1. The molecule has 0 spiro atoms. The van der Waals surface area contributed by atoms with Crippen molar-refractivity contribution in [2.24, 2.45) is 17.8 Å². The van der Waals surface area contributed by atoms with Crippen molar-refractivity contribution < 1.29 is 14.6 Å². The molecule has 5 rings (SSSR count). The molecule has 134 valence electrons. The van der Waals surface area contributed by atoms with Crippen LogP contribution in [-0.2, 0) is 9.53 Å². The van der Waals surface area contributed by atoms with Gasteiger partial charge in [0.2, 0.25) is 11.2 Å². The number of anilines is 1. The van der Waals surface area contributed by atoms with Crippen molar-refractivity contribution >= 4 is 28.9 Å². The zero-order chi connectivity index (χ0) is 17.6. The fraction of sp³-hybridized carbons (Fsp3) is 0.588. The van der Waals surface area contributed by atoms with Gasteiger partial charge < -0.3 is 15.2 Å². The second-order valence-electron chi connectivity index (χ2n) is 6.84. The van der Waals surface area contributed by atoms with E-state index in [1.807, 2.05) is 6.92 Å². The third-order valence-corrected chi connectivity index (χ3v) is 5.71. The summed E-state index contributed by atoms with van der Waals surface area (Å²) in [5.41, 5.74) is 0.631. The van der Waals surface area contributed by atoms with Gasteiger partial charge in [-0.25, -0.2) is 0 Å². The van der Waals surface area contributed by atoms with E-state index in [1.165, 1.54) is 4.52 Å². The van der Waals surface area contributed by atoms with Crippen LogP contribution in [0.1, 0.15) is 32.6 Å². The molecule has 0 unspecified atom stereocenters. The highest BCUT2D eigenvalue weighted by Gasteiger charge is 2.48. The molecule has 0 aromatic carbocycles. The van der Waals surface area contributed by atoms with Crippen LogP contribution in [0.5, 0.6) is 5.88 Å². The van der Waals surface area contributed by atoms with E-state index in [0.717, 1.165) is 25.7 Å². The van der Waals surface area contributed by atoms with Gasteiger partial charge in [-0.1, -0.05) is 0 Å². The van der Waals surface area contributed by atoms with Gasteiger partial charge in [-0.3, -0.25) is 4.79 Å². The predicted octanol–water partition coefficient (Wildman–Crippen LogP) is 2.87. The molecule has 3 aliphatic rings. The Labute approximate surface area is 150 Å². The molecular weight excluding hydrogens is 344 g/mol. The molecule has 2 N–H and O–H groups in total.